The Morgan fingerprint density at radius 3 is 2.15 bits per heavy atom. The number of fused-ring (bicyclic) bond motifs is 1. The summed E-state index contributed by atoms with van der Waals surface area (Å²) in [5.41, 5.74) is 8.11. The third-order valence-corrected chi connectivity index (χ3v) is 4.87. The second-order valence-corrected chi connectivity index (χ2v) is 8.04. The molecule has 3 rings (SSSR count). The number of nitrogen functional groups attached to an aromatic ring is 1. The maximum atomic E-state index is 10.9. The molecule has 0 aromatic heterocycles. The quantitative estimate of drug-likeness (QED) is 0.385. The zero-order valence-electron chi connectivity index (χ0n) is 15.3. The first-order valence-electron chi connectivity index (χ1n) is 8.28. The van der Waals surface area contributed by atoms with Gasteiger partial charge in [0.2, 0.25) is 0 Å². The summed E-state index contributed by atoms with van der Waals surface area (Å²) in [6.07, 6.45) is 0. The minimum Gasteiger partial charge on any atom is -0.508 e. The Kier molecular flexibility index (Phi) is 5.98. The number of hydrogen-bond acceptors (Lipinski definition) is 5. The summed E-state index contributed by atoms with van der Waals surface area (Å²) in [6.45, 7) is 6.12. The van der Waals surface area contributed by atoms with Gasteiger partial charge in [-0.25, -0.2) is 0 Å². The normalized spacial score (nSPS) is 11.3. The van der Waals surface area contributed by atoms with Gasteiger partial charge in [-0.3, -0.25) is 4.55 Å². The Balaban J connectivity index is 0.000000208. The smallest absolute Gasteiger partial charge is 0.294 e. The van der Waals surface area contributed by atoms with Gasteiger partial charge in [0.25, 0.3) is 10.1 Å². The van der Waals surface area contributed by atoms with Gasteiger partial charge < -0.3 is 15.9 Å². The fourth-order valence-corrected chi connectivity index (χ4v) is 3.17. The van der Waals surface area contributed by atoms with E-state index in [4.69, 9.17) is 10.3 Å². The van der Waals surface area contributed by atoms with Crippen LogP contribution < -0.4 is 5.73 Å². The van der Waals surface area contributed by atoms with Crippen LogP contribution in [0.1, 0.15) is 30.9 Å². The van der Waals surface area contributed by atoms with Crippen LogP contribution in [0.25, 0.3) is 10.8 Å². The molecule has 0 amide bonds. The van der Waals surface area contributed by atoms with E-state index in [2.05, 4.69) is 13.8 Å². The molecule has 27 heavy (non-hydrogen) atoms. The summed E-state index contributed by atoms with van der Waals surface area (Å²) in [6, 6.07) is 12.7. The maximum Gasteiger partial charge on any atom is 0.294 e. The summed E-state index contributed by atoms with van der Waals surface area (Å²) in [5, 5.41) is 20.0. The number of phenolic OH excluding ortho intramolecular Hbond substituents is 2. The van der Waals surface area contributed by atoms with Crippen LogP contribution in [0.5, 0.6) is 11.5 Å². The van der Waals surface area contributed by atoms with Gasteiger partial charge in [0.1, 0.15) is 11.5 Å². The summed E-state index contributed by atoms with van der Waals surface area (Å²) < 4.78 is 30.7. The monoisotopic (exact) mass is 389 g/mol. The molecule has 0 aliphatic carbocycles. The summed E-state index contributed by atoms with van der Waals surface area (Å²) >= 11 is 0. The predicted molar refractivity (Wildman–Crippen MR) is 107 cm³/mol. The molecule has 5 N–H and O–H groups in total. The van der Waals surface area contributed by atoms with Crippen LogP contribution >= 0.6 is 0 Å². The molecular formula is C20H23NO5S. The number of benzene rings is 3. The molecule has 0 aliphatic rings. The highest BCUT2D eigenvalue weighted by atomic mass is 32.2. The Morgan fingerprint density at radius 1 is 0.926 bits per heavy atom. The number of nitrogens with two attached hydrogens (primary N) is 1. The average molecular weight is 389 g/mol. The molecule has 3 aromatic carbocycles. The van der Waals surface area contributed by atoms with E-state index in [-0.39, 0.29) is 10.6 Å². The van der Waals surface area contributed by atoms with Crippen molar-refractivity contribution in [3.8, 4) is 11.5 Å². The minimum atomic E-state index is -4.33. The van der Waals surface area contributed by atoms with Crippen LogP contribution in [0.4, 0.5) is 5.69 Å². The van der Waals surface area contributed by atoms with Crippen LogP contribution in [0.15, 0.2) is 53.4 Å². The van der Waals surface area contributed by atoms with Gasteiger partial charge in [-0.15, -0.1) is 0 Å². The van der Waals surface area contributed by atoms with Crippen molar-refractivity contribution < 1.29 is 23.2 Å². The second-order valence-electron chi connectivity index (χ2n) is 6.62. The summed E-state index contributed by atoms with van der Waals surface area (Å²) in [4.78, 5) is -0.358. The van der Waals surface area contributed by atoms with Crippen molar-refractivity contribution in [3.63, 3.8) is 0 Å². The van der Waals surface area contributed by atoms with Crippen LogP contribution in [0, 0.1) is 6.92 Å². The number of phenols is 2. The summed E-state index contributed by atoms with van der Waals surface area (Å²) in [5.74, 6) is 0.598. The van der Waals surface area contributed by atoms with Gasteiger partial charge >= 0.3 is 0 Å². The molecule has 0 unspecified atom stereocenters. The van der Waals surface area contributed by atoms with Crippen molar-refractivity contribution in [2.45, 2.75) is 31.6 Å². The van der Waals surface area contributed by atoms with E-state index in [1.165, 1.54) is 12.1 Å². The van der Waals surface area contributed by atoms with E-state index in [0.29, 0.717) is 28.1 Å². The molecular weight excluding hydrogens is 366 g/mol. The number of aryl methyl sites for hydroxylation is 1. The van der Waals surface area contributed by atoms with Gasteiger partial charge in [0.05, 0.1) is 4.90 Å². The first-order valence-corrected chi connectivity index (χ1v) is 9.72. The van der Waals surface area contributed by atoms with Crippen LogP contribution in [-0.2, 0) is 10.1 Å². The van der Waals surface area contributed by atoms with Crippen molar-refractivity contribution in [1.29, 1.82) is 0 Å². The number of anilines is 1. The Morgan fingerprint density at radius 2 is 1.59 bits per heavy atom. The van der Waals surface area contributed by atoms with Gasteiger partial charge in [0, 0.05) is 17.1 Å². The highest BCUT2D eigenvalue weighted by Gasteiger charge is 2.13. The number of rotatable bonds is 2. The van der Waals surface area contributed by atoms with Crippen molar-refractivity contribution in [1.82, 2.24) is 0 Å². The van der Waals surface area contributed by atoms with E-state index < -0.39 is 10.1 Å². The third-order valence-electron chi connectivity index (χ3n) is 4.03. The van der Waals surface area contributed by atoms with Gasteiger partial charge in [-0.05, 0) is 59.7 Å². The van der Waals surface area contributed by atoms with Crippen LogP contribution in [0.2, 0.25) is 0 Å². The maximum absolute atomic E-state index is 10.9. The van der Waals surface area contributed by atoms with Crippen LogP contribution in [-0.4, -0.2) is 23.2 Å². The van der Waals surface area contributed by atoms with Crippen molar-refractivity contribution >= 4 is 26.6 Å². The first-order chi connectivity index (χ1) is 12.5. The predicted octanol–water partition coefficient (Wildman–Crippen LogP) is 4.20. The van der Waals surface area contributed by atoms with E-state index in [1.807, 2.05) is 19.1 Å². The molecule has 0 spiro atoms. The first kappa shape index (κ1) is 20.5. The zero-order chi connectivity index (χ0) is 20.4. The number of hydrogen-bond donors (Lipinski definition) is 4. The SMILES string of the molecule is Cc1ccc(C(C)C)c(O)c1.Nc1ccc2c(O)cc(S(=O)(=O)O)cc2c1. The molecule has 0 bridgehead atoms. The molecule has 0 radical (unpaired) electrons. The Labute approximate surface area is 158 Å². The molecule has 3 aromatic rings. The minimum absolute atomic E-state index is 0.217. The Bertz CT molecular complexity index is 1080. The molecule has 0 fully saturated rings. The average Bonchev–Trinajstić information content (AvgIpc) is 2.53. The lowest BCUT2D eigenvalue weighted by Crippen LogP contribution is -1.97. The van der Waals surface area contributed by atoms with Crippen molar-refractivity contribution in [2.75, 3.05) is 5.73 Å². The van der Waals surface area contributed by atoms with E-state index in [9.17, 15) is 18.6 Å². The lowest BCUT2D eigenvalue weighted by Gasteiger charge is -2.07. The molecule has 0 saturated carbocycles. The van der Waals surface area contributed by atoms with Crippen molar-refractivity contribution in [2.24, 2.45) is 0 Å². The molecule has 7 heteroatoms. The van der Waals surface area contributed by atoms with Crippen molar-refractivity contribution in [3.05, 3.63) is 59.7 Å². The molecule has 0 atom stereocenters. The molecule has 144 valence electrons. The topological polar surface area (TPSA) is 121 Å². The lowest BCUT2D eigenvalue weighted by atomic mass is 10.0. The Hall–Kier alpha value is -2.77. The summed E-state index contributed by atoms with van der Waals surface area (Å²) in [7, 11) is -4.33. The molecule has 0 saturated heterocycles. The number of aromatic hydroxyl groups is 2. The fourth-order valence-electron chi connectivity index (χ4n) is 2.63. The zero-order valence-corrected chi connectivity index (χ0v) is 16.2. The van der Waals surface area contributed by atoms with E-state index in [1.54, 1.807) is 18.2 Å². The highest BCUT2D eigenvalue weighted by Crippen LogP contribution is 2.29. The van der Waals surface area contributed by atoms with Crippen LogP contribution in [0.3, 0.4) is 0 Å². The van der Waals surface area contributed by atoms with E-state index >= 15 is 0 Å². The third kappa shape index (κ3) is 5.12. The molecule has 6 nitrogen and oxygen atoms in total. The molecule has 0 heterocycles. The van der Waals surface area contributed by atoms with E-state index in [0.717, 1.165) is 17.2 Å². The van der Waals surface area contributed by atoms with Gasteiger partial charge in [-0.2, -0.15) is 8.42 Å². The largest absolute Gasteiger partial charge is 0.508 e. The van der Waals surface area contributed by atoms with Gasteiger partial charge in [0.15, 0.2) is 0 Å². The fraction of sp³-hybridized carbons (Fsp3) is 0.200. The lowest BCUT2D eigenvalue weighted by molar-refractivity contribution is 0.464. The van der Waals surface area contributed by atoms with Gasteiger partial charge in [-0.1, -0.05) is 26.0 Å². The standard InChI is InChI=1S/C10H9NO4S.C10H14O/c11-7-1-2-9-6(3-7)4-8(5-10(9)12)16(13,14)15;1-7(2)9-5-4-8(3)6-10(9)11/h1-5,12H,11H2,(H,13,14,15);4-7,11H,1-3H3. The molecule has 0 aliphatic heterocycles. The highest BCUT2D eigenvalue weighted by molar-refractivity contribution is 7.85. The second kappa shape index (κ2) is 7.85.